The second kappa shape index (κ2) is 7.19. The van der Waals surface area contributed by atoms with Gasteiger partial charge in [0.2, 0.25) is 0 Å². The Hall–Kier alpha value is -0.690. The van der Waals surface area contributed by atoms with Gasteiger partial charge in [0.15, 0.2) is 0 Å². The van der Waals surface area contributed by atoms with Crippen molar-refractivity contribution < 1.29 is 4.74 Å². The van der Waals surface area contributed by atoms with Gasteiger partial charge >= 0.3 is 0 Å². The molecule has 1 aliphatic rings. The molecule has 0 aromatic heterocycles. The zero-order chi connectivity index (χ0) is 13.7. The minimum atomic E-state index is 0.0814. The normalized spacial score (nSPS) is 18.9. The molecule has 106 valence electrons. The third-order valence-electron chi connectivity index (χ3n) is 4.24. The summed E-state index contributed by atoms with van der Waals surface area (Å²) in [6.45, 7) is 2.11. The molecule has 0 aliphatic heterocycles. The Balaban J connectivity index is 2.05. The Morgan fingerprint density at radius 1 is 1.21 bits per heavy atom. The van der Waals surface area contributed by atoms with Crippen molar-refractivity contribution in [2.45, 2.75) is 57.2 Å². The van der Waals surface area contributed by atoms with E-state index in [-0.39, 0.29) is 5.38 Å². The largest absolute Gasteiger partial charge is 0.496 e. The molecule has 0 spiro atoms. The summed E-state index contributed by atoms with van der Waals surface area (Å²) in [5, 5.41) is 0.0814. The number of methoxy groups -OCH3 is 1. The van der Waals surface area contributed by atoms with Crippen LogP contribution >= 0.6 is 11.6 Å². The van der Waals surface area contributed by atoms with Gasteiger partial charge in [-0.25, -0.2) is 0 Å². The van der Waals surface area contributed by atoms with Gasteiger partial charge in [-0.05, 0) is 25.3 Å². The summed E-state index contributed by atoms with van der Waals surface area (Å²) < 4.78 is 5.45. The monoisotopic (exact) mass is 280 g/mol. The molecular weight excluding hydrogens is 256 g/mol. The van der Waals surface area contributed by atoms with Gasteiger partial charge in [-0.2, -0.15) is 0 Å². The second-order valence-electron chi connectivity index (χ2n) is 5.81. The Kier molecular flexibility index (Phi) is 5.57. The summed E-state index contributed by atoms with van der Waals surface area (Å²) in [5.41, 5.74) is 2.41. The van der Waals surface area contributed by atoms with Crippen LogP contribution in [-0.4, -0.2) is 7.11 Å². The summed E-state index contributed by atoms with van der Waals surface area (Å²) in [5.74, 6) is 1.72. The Labute approximate surface area is 122 Å². The van der Waals surface area contributed by atoms with Crippen molar-refractivity contribution in [2.75, 3.05) is 7.11 Å². The van der Waals surface area contributed by atoms with Gasteiger partial charge in [-0.3, -0.25) is 0 Å². The number of benzene rings is 1. The van der Waals surface area contributed by atoms with Gasteiger partial charge in [0, 0.05) is 5.56 Å². The molecule has 0 heterocycles. The zero-order valence-corrected chi connectivity index (χ0v) is 12.9. The molecule has 1 unspecified atom stereocenters. The fourth-order valence-electron chi connectivity index (χ4n) is 3.12. The first-order valence-corrected chi connectivity index (χ1v) is 7.93. The van der Waals surface area contributed by atoms with E-state index in [1.54, 1.807) is 7.11 Å². The molecule has 2 rings (SSSR count). The predicted molar refractivity (Wildman–Crippen MR) is 82.1 cm³/mol. The topological polar surface area (TPSA) is 9.23 Å². The van der Waals surface area contributed by atoms with Crippen LogP contribution in [0.5, 0.6) is 5.75 Å². The minimum absolute atomic E-state index is 0.0814. The second-order valence-corrected chi connectivity index (χ2v) is 6.33. The first kappa shape index (κ1) is 14.7. The van der Waals surface area contributed by atoms with Crippen LogP contribution in [0.3, 0.4) is 0 Å². The Morgan fingerprint density at radius 2 is 1.89 bits per heavy atom. The predicted octanol–water partition coefficient (Wildman–Crippen LogP) is 5.64. The summed E-state index contributed by atoms with van der Waals surface area (Å²) in [6.07, 6.45) is 9.32. The maximum Gasteiger partial charge on any atom is 0.123 e. The molecule has 1 atom stereocenters. The number of hydrogen-bond acceptors (Lipinski definition) is 1. The third kappa shape index (κ3) is 4.14. The number of alkyl halides is 1. The molecule has 1 nitrogen and oxygen atoms in total. The molecule has 19 heavy (non-hydrogen) atoms. The molecule has 0 N–H and O–H groups in total. The highest BCUT2D eigenvalue weighted by molar-refractivity contribution is 6.21. The number of rotatable bonds is 4. The van der Waals surface area contributed by atoms with Crippen LogP contribution < -0.4 is 4.74 Å². The van der Waals surface area contributed by atoms with E-state index >= 15 is 0 Å². The maximum atomic E-state index is 6.67. The van der Waals surface area contributed by atoms with Crippen molar-refractivity contribution in [3.8, 4) is 5.75 Å². The Bertz CT molecular complexity index is 394. The van der Waals surface area contributed by atoms with E-state index < -0.39 is 0 Å². The van der Waals surface area contributed by atoms with E-state index in [2.05, 4.69) is 19.1 Å². The summed E-state index contributed by atoms with van der Waals surface area (Å²) in [6, 6.07) is 6.29. The SMILES string of the molecule is COc1ccc(C)cc1C(Cl)CC1CCCCCC1. The number of ether oxygens (including phenoxy) is 1. The number of halogens is 1. The molecule has 1 aromatic rings. The average molecular weight is 281 g/mol. The molecule has 2 heteroatoms. The Morgan fingerprint density at radius 3 is 2.53 bits per heavy atom. The lowest BCUT2D eigenvalue weighted by atomic mass is 9.92. The molecule has 0 bridgehead atoms. The third-order valence-corrected chi connectivity index (χ3v) is 4.65. The fraction of sp³-hybridized carbons (Fsp3) is 0.647. The van der Waals surface area contributed by atoms with Gasteiger partial charge in [-0.1, -0.05) is 56.2 Å². The van der Waals surface area contributed by atoms with Crippen LogP contribution in [0.4, 0.5) is 0 Å². The van der Waals surface area contributed by atoms with Crippen LogP contribution in [0.1, 0.15) is 61.4 Å². The van der Waals surface area contributed by atoms with Crippen molar-refractivity contribution in [3.63, 3.8) is 0 Å². The smallest absolute Gasteiger partial charge is 0.123 e. The van der Waals surface area contributed by atoms with E-state index in [0.29, 0.717) is 0 Å². The van der Waals surface area contributed by atoms with Crippen LogP contribution in [-0.2, 0) is 0 Å². The lowest BCUT2D eigenvalue weighted by Gasteiger charge is -2.20. The van der Waals surface area contributed by atoms with Crippen LogP contribution in [0.2, 0.25) is 0 Å². The minimum Gasteiger partial charge on any atom is -0.496 e. The van der Waals surface area contributed by atoms with Crippen molar-refractivity contribution in [3.05, 3.63) is 29.3 Å². The van der Waals surface area contributed by atoms with Crippen molar-refractivity contribution >= 4 is 11.6 Å². The van der Waals surface area contributed by atoms with Gasteiger partial charge < -0.3 is 4.74 Å². The van der Waals surface area contributed by atoms with Gasteiger partial charge in [0.25, 0.3) is 0 Å². The van der Waals surface area contributed by atoms with Crippen molar-refractivity contribution in [1.29, 1.82) is 0 Å². The summed E-state index contributed by atoms with van der Waals surface area (Å²) >= 11 is 6.67. The standard InChI is InChI=1S/C17H25ClO/c1-13-9-10-17(19-2)15(11-13)16(18)12-14-7-5-3-4-6-8-14/h9-11,14,16H,3-8,12H2,1-2H3. The number of aryl methyl sites for hydroxylation is 1. The first-order chi connectivity index (χ1) is 9.20. The lowest BCUT2D eigenvalue weighted by Crippen LogP contribution is -2.05. The highest BCUT2D eigenvalue weighted by atomic mass is 35.5. The van der Waals surface area contributed by atoms with E-state index in [1.165, 1.54) is 44.1 Å². The zero-order valence-electron chi connectivity index (χ0n) is 12.1. The highest BCUT2D eigenvalue weighted by Gasteiger charge is 2.20. The first-order valence-electron chi connectivity index (χ1n) is 7.49. The molecule has 0 radical (unpaired) electrons. The highest BCUT2D eigenvalue weighted by Crippen LogP contribution is 2.38. The van der Waals surface area contributed by atoms with E-state index in [0.717, 1.165) is 23.7 Å². The fourth-order valence-corrected chi connectivity index (χ4v) is 3.54. The lowest BCUT2D eigenvalue weighted by molar-refractivity contribution is 0.395. The maximum absolute atomic E-state index is 6.67. The molecule has 1 aromatic carbocycles. The molecule has 1 fully saturated rings. The molecule has 0 saturated heterocycles. The number of hydrogen-bond donors (Lipinski definition) is 0. The molecular formula is C17H25ClO. The van der Waals surface area contributed by atoms with E-state index in [1.807, 2.05) is 6.07 Å². The van der Waals surface area contributed by atoms with Crippen molar-refractivity contribution in [1.82, 2.24) is 0 Å². The van der Waals surface area contributed by atoms with E-state index in [9.17, 15) is 0 Å². The van der Waals surface area contributed by atoms with Gasteiger partial charge in [0.1, 0.15) is 5.75 Å². The van der Waals surface area contributed by atoms with Crippen molar-refractivity contribution in [2.24, 2.45) is 5.92 Å². The molecule has 1 aliphatic carbocycles. The average Bonchev–Trinajstić information content (AvgIpc) is 2.67. The van der Waals surface area contributed by atoms with Gasteiger partial charge in [-0.15, -0.1) is 11.6 Å². The quantitative estimate of drug-likeness (QED) is 0.512. The molecule has 1 saturated carbocycles. The van der Waals surface area contributed by atoms with Crippen LogP contribution in [0, 0.1) is 12.8 Å². The van der Waals surface area contributed by atoms with E-state index in [4.69, 9.17) is 16.3 Å². The summed E-state index contributed by atoms with van der Waals surface area (Å²) in [4.78, 5) is 0. The summed E-state index contributed by atoms with van der Waals surface area (Å²) in [7, 11) is 1.73. The van der Waals surface area contributed by atoms with Crippen LogP contribution in [0.15, 0.2) is 18.2 Å². The van der Waals surface area contributed by atoms with Gasteiger partial charge in [0.05, 0.1) is 12.5 Å². The van der Waals surface area contributed by atoms with Crippen LogP contribution in [0.25, 0.3) is 0 Å². The molecule has 0 amide bonds.